The molecule has 0 radical (unpaired) electrons. The van der Waals surface area contributed by atoms with Crippen molar-refractivity contribution in [2.24, 2.45) is 0 Å². The van der Waals surface area contributed by atoms with Gasteiger partial charge >= 0.3 is 6.03 Å². The zero-order chi connectivity index (χ0) is 17.3. The van der Waals surface area contributed by atoms with Gasteiger partial charge in [-0.3, -0.25) is 14.5 Å². The average molecular weight is 370 g/mol. The van der Waals surface area contributed by atoms with Gasteiger partial charge in [0.15, 0.2) is 0 Å². The third kappa shape index (κ3) is 3.21. The number of hydrogen-bond donors (Lipinski definition) is 2. The molecule has 1 saturated carbocycles. The smallest absolute Gasteiger partial charge is 0.325 e. The summed E-state index contributed by atoms with van der Waals surface area (Å²) in [6.07, 6.45) is 3.18. The first-order valence-electron chi connectivity index (χ1n) is 7.80. The largest absolute Gasteiger partial charge is 0.325 e. The number of amides is 4. The third-order valence-electron chi connectivity index (χ3n) is 4.47. The van der Waals surface area contributed by atoms with E-state index in [1.165, 1.54) is 0 Å². The van der Waals surface area contributed by atoms with Crippen LogP contribution in [0.3, 0.4) is 0 Å². The van der Waals surface area contributed by atoms with Crippen molar-refractivity contribution in [1.29, 1.82) is 0 Å². The summed E-state index contributed by atoms with van der Waals surface area (Å²) in [5, 5.41) is 6.25. The van der Waals surface area contributed by atoms with Gasteiger partial charge < -0.3 is 10.6 Å². The summed E-state index contributed by atoms with van der Waals surface area (Å²) >= 11 is 11.9. The van der Waals surface area contributed by atoms with E-state index in [2.05, 4.69) is 10.6 Å². The number of urea groups is 1. The fourth-order valence-electron chi connectivity index (χ4n) is 3.22. The number of carbonyl (C=O) groups excluding carboxylic acids is 3. The molecule has 0 bridgehead atoms. The molecule has 6 nitrogen and oxygen atoms in total. The number of nitrogens with one attached hydrogen (secondary N) is 2. The Morgan fingerprint density at radius 2 is 1.96 bits per heavy atom. The van der Waals surface area contributed by atoms with Crippen molar-refractivity contribution in [3.63, 3.8) is 0 Å². The van der Waals surface area contributed by atoms with Crippen LogP contribution in [0.2, 0.25) is 10.0 Å². The maximum absolute atomic E-state index is 12.5. The Bertz CT molecular complexity index is 702. The van der Waals surface area contributed by atoms with E-state index in [4.69, 9.17) is 23.2 Å². The first kappa shape index (κ1) is 17.0. The van der Waals surface area contributed by atoms with Gasteiger partial charge in [-0.2, -0.15) is 0 Å². The molecule has 2 N–H and O–H groups in total. The maximum Gasteiger partial charge on any atom is 0.325 e. The van der Waals surface area contributed by atoms with E-state index in [1.54, 1.807) is 18.2 Å². The van der Waals surface area contributed by atoms with E-state index in [0.29, 0.717) is 28.6 Å². The molecule has 1 spiro atoms. The molecule has 1 aliphatic carbocycles. The van der Waals surface area contributed by atoms with Crippen LogP contribution in [0.15, 0.2) is 18.2 Å². The molecule has 1 aromatic carbocycles. The SMILES string of the molecule is O=C(CCN1C(=O)NC2(CCCC2)C1=O)Nc1cc(Cl)ccc1Cl. The molecule has 4 amide bonds. The molecular weight excluding hydrogens is 353 g/mol. The van der Waals surface area contributed by atoms with Crippen molar-refractivity contribution in [3.05, 3.63) is 28.2 Å². The second-order valence-electron chi connectivity index (χ2n) is 6.10. The average Bonchev–Trinajstić information content (AvgIpc) is 3.08. The summed E-state index contributed by atoms with van der Waals surface area (Å²) < 4.78 is 0. The van der Waals surface area contributed by atoms with Gasteiger partial charge in [0.25, 0.3) is 5.91 Å². The van der Waals surface area contributed by atoms with Crippen molar-refractivity contribution in [2.75, 3.05) is 11.9 Å². The Balaban J connectivity index is 1.59. The summed E-state index contributed by atoms with van der Waals surface area (Å²) in [7, 11) is 0. The molecule has 0 aromatic heterocycles. The van der Waals surface area contributed by atoms with Crippen LogP contribution in [0.5, 0.6) is 0 Å². The van der Waals surface area contributed by atoms with Crippen LogP contribution in [0.25, 0.3) is 0 Å². The van der Waals surface area contributed by atoms with E-state index < -0.39 is 11.6 Å². The fourth-order valence-corrected chi connectivity index (χ4v) is 3.55. The van der Waals surface area contributed by atoms with Gasteiger partial charge in [0.05, 0.1) is 10.7 Å². The van der Waals surface area contributed by atoms with Crippen molar-refractivity contribution >= 4 is 46.7 Å². The monoisotopic (exact) mass is 369 g/mol. The van der Waals surface area contributed by atoms with Gasteiger partial charge in [-0.15, -0.1) is 0 Å². The van der Waals surface area contributed by atoms with Crippen LogP contribution in [0.1, 0.15) is 32.1 Å². The second-order valence-corrected chi connectivity index (χ2v) is 6.94. The molecule has 128 valence electrons. The number of carbonyl (C=O) groups is 3. The van der Waals surface area contributed by atoms with Crippen LogP contribution in [-0.4, -0.2) is 34.8 Å². The third-order valence-corrected chi connectivity index (χ3v) is 5.03. The highest BCUT2D eigenvalue weighted by atomic mass is 35.5. The number of imide groups is 1. The van der Waals surface area contributed by atoms with Crippen molar-refractivity contribution in [1.82, 2.24) is 10.2 Å². The standard InChI is InChI=1S/C16H17Cl2N3O3/c17-10-3-4-11(18)12(9-10)19-13(22)5-8-21-14(23)16(20-15(21)24)6-1-2-7-16/h3-4,9H,1-2,5-8H2,(H,19,22)(H,20,24). The molecule has 0 atom stereocenters. The summed E-state index contributed by atoms with van der Waals surface area (Å²) in [6, 6.07) is 4.33. The van der Waals surface area contributed by atoms with Crippen molar-refractivity contribution in [3.8, 4) is 0 Å². The molecule has 24 heavy (non-hydrogen) atoms. The molecular formula is C16H17Cl2N3O3. The fraction of sp³-hybridized carbons (Fsp3) is 0.438. The first-order chi connectivity index (χ1) is 11.4. The molecule has 1 aromatic rings. The minimum Gasteiger partial charge on any atom is -0.325 e. The number of nitrogens with zero attached hydrogens (tertiary/aromatic N) is 1. The quantitative estimate of drug-likeness (QED) is 0.799. The molecule has 1 aliphatic heterocycles. The van der Waals surface area contributed by atoms with E-state index in [-0.39, 0.29) is 24.8 Å². The van der Waals surface area contributed by atoms with E-state index in [9.17, 15) is 14.4 Å². The predicted octanol–water partition coefficient (Wildman–Crippen LogP) is 3.19. The van der Waals surface area contributed by atoms with Gasteiger partial charge in [-0.1, -0.05) is 36.0 Å². The Kier molecular flexibility index (Phi) is 4.69. The normalized spacial score (nSPS) is 19.0. The molecule has 3 rings (SSSR count). The minimum atomic E-state index is -0.746. The van der Waals surface area contributed by atoms with Gasteiger partial charge in [0, 0.05) is 18.0 Å². The number of rotatable bonds is 4. The predicted molar refractivity (Wildman–Crippen MR) is 91.2 cm³/mol. The lowest BCUT2D eigenvalue weighted by atomic mass is 9.98. The van der Waals surface area contributed by atoms with Crippen LogP contribution in [0, 0.1) is 0 Å². The van der Waals surface area contributed by atoms with Gasteiger partial charge in [0.1, 0.15) is 5.54 Å². The molecule has 1 heterocycles. The summed E-state index contributed by atoms with van der Waals surface area (Å²) in [4.78, 5) is 37.7. The molecule has 0 unspecified atom stereocenters. The van der Waals surface area contributed by atoms with Crippen LogP contribution in [0.4, 0.5) is 10.5 Å². The Labute approximate surface area is 149 Å². The second kappa shape index (κ2) is 6.61. The van der Waals surface area contributed by atoms with Gasteiger partial charge in [-0.25, -0.2) is 4.79 Å². The van der Waals surface area contributed by atoms with E-state index in [1.807, 2.05) is 0 Å². The Morgan fingerprint density at radius 1 is 1.25 bits per heavy atom. The maximum atomic E-state index is 12.5. The number of hydrogen-bond acceptors (Lipinski definition) is 3. The molecule has 1 saturated heterocycles. The molecule has 2 aliphatic rings. The molecule has 2 fully saturated rings. The molecule has 8 heteroatoms. The highest BCUT2D eigenvalue weighted by molar-refractivity contribution is 6.35. The summed E-state index contributed by atoms with van der Waals surface area (Å²) in [5.74, 6) is -0.564. The zero-order valence-corrected chi connectivity index (χ0v) is 14.4. The first-order valence-corrected chi connectivity index (χ1v) is 8.56. The van der Waals surface area contributed by atoms with E-state index >= 15 is 0 Å². The highest BCUT2D eigenvalue weighted by Gasteiger charge is 2.52. The topological polar surface area (TPSA) is 78.5 Å². The lowest BCUT2D eigenvalue weighted by molar-refractivity contribution is -0.131. The van der Waals surface area contributed by atoms with Crippen molar-refractivity contribution in [2.45, 2.75) is 37.6 Å². The number of halogens is 2. The Hall–Kier alpha value is -1.79. The summed E-state index contributed by atoms with van der Waals surface area (Å²) in [5.41, 5.74) is -0.345. The highest BCUT2D eigenvalue weighted by Crippen LogP contribution is 2.35. The van der Waals surface area contributed by atoms with Crippen LogP contribution >= 0.6 is 23.2 Å². The summed E-state index contributed by atoms with van der Waals surface area (Å²) in [6.45, 7) is 0.0381. The van der Waals surface area contributed by atoms with Crippen molar-refractivity contribution < 1.29 is 14.4 Å². The minimum absolute atomic E-state index is 0.00190. The Morgan fingerprint density at radius 3 is 2.67 bits per heavy atom. The number of anilines is 1. The number of benzene rings is 1. The lowest BCUT2D eigenvalue weighted by Crippen LogP contribution is -2.44. The zero-order valence-electron chi connectivity index (χ0n) is 12.9. The van der Waals surface area contributed by atoms with Gasteiger partial charge in [-0.05, 0) is 31.0 Å². The van der Waals surface area contributed by atoms with E-state index in [0.717, 1.165) is 17.7 Å². The van der Waals surface area contributed by atoms with Crippen LogP contribution in [-0.2, 0) is 9.59 Å². The van der Waals surface area contributed by atoms with Crippen LogP contribution < -0.4 is 10.6 Å². The lowest BCUT2D eigenvalue weighted by Gasteiger charge is -2.19. The van der Waals surface area contributed by atoms with Gasteiger partial charge in [0.2, 0.25) is 5.91 Å².